The third-order valence-electron chi connectivity index (χ3n) is 3.83. The van der Waals surface area contributed by atoms with E-state index in [1.54, 1.807) is 7.11 Å². The topological polar surface area (TPSA) is 44.5 Å². The molecule has 3 atom stereocenters. The van der Waals surface area contributed by atoms with Gasteiger partial charge < -0.3 is 15.2 Å². The van der Waals surface area contributed by atoms with Crippen molar-refractivity contribution in [3.8, 4) is 11.5 Å². The predicted octanol–water partition coefficient (Wildman–Crippen LogP) is 2.74. The number of nitrogens with two attached hydrogens (primary N) is 1. The molecule has 0 aliphatic carbocycles. The van der Waals surface area contributed by atoms with E-state index >= 15 is 0 Å². The van der Waals surface area contributed by atoms with Crippen LogP contribution in [0.2, 0.25) is 0 Å². The Hall–Kier alpha value is -0.870. The molecule has 1 fully saturated rings. The van der Waals surface area contributed by atoms with Crippen molar-refractivity contribution in [3.05, 3.63) is 23.8 Å². The van der Waals surface area contributed by atoms with E-state index in [9.17, 15) is 0 Å². The molecule has 3 nitrogen and oxygen atoms in total. The fourth-order valence-electron chi connectivity index (χ4n) is 2.97. The second-order valence-electron chi connectivity index (χ2n) is 5.33. The molecule has 0 aromatic heterocycles. The summed E-state index contributed by atoms with van der Waals surface area (Å²) in [5, 5.41) is 0.657. The summed E-state index contributed by atoms with van der Waals surface area (Å²) in [5.41, 5.74) is 7.34. The number of thioether (sulfide) groups is 1. The van der Waals surface area contributed by atoms with Crippen LogP contribution in [-0.2, 0) is 0 Å². The molecule has 0 amide bonds. The second kappa shape index (κ2) is 4.35. The molecule has 2 heterocycles. The first-order valence-electron chi connectivity index (χ1n) is 6.36. The summed E-state index contributed by atoms with van der Waals surface area (Å²) < 4.78 is 11.5. The molecule has 2 aliphatic heterocycles. The molecular weight excluding hydrogens is 246 g/mol. The zero-order valence-corrected chi connectivity index (χ0v) is 11.6. The van der Waals surface area contributed by atoms with Gasteiger partial charge in [-0.1, -0.05) is 13.0 Å². The summed E-state index contributed by atoms with van der Waals surface area (Å²) in [6, 6.07) is 6.01. The van der Waals surface area contributed by atoms with E-state index in [-0.39, 0.29) is 11.6 Å². The van der Waals surface area contributed by atoms with Crippen LogP contribution in [0.1, 0.15) is 31.4 Å². The van der Waals surface area contributed by atoms with Gasteiger partial charge in [-0.15, -0.1) is 0 Å². The number of ether oxygens (including phenoxy) is 2. The van der Waals surface area contributed by atoms with Gasteiger partial charge in [-0.05, 0) is 12.5 Å². The van der Waals surface area contributed by atoms with E-state index < -0.39 is 0 Å². The number of hydrogen-bond donors (Lipinski definition) is 1. The third-order valence-corrected chi connectivity index (χ3v) is 5.26. The molecule has 3 rings (SSSR count). The van der Waals surface area contributed by atoms with Crippen LogP contribution in [0.25, 0.3) is 0 Å². The Balaban J connectivity index is 1.95. The number of benzene rings is 1. The van der Waals surface area contributed by atoms with E-state index in [1.165, 1.54) is 0 Å². The monoisotopic (exact) mass is 265 g/mol. The summed E-state index contributed by atoms with van der Waals surface area (Å²) in [6.07, 6.45) is 2.01. The summed E-state index contributed by atoms with van der Waals surface area (Å²) in [6.45, 7) is 2.26. The highest BCUT2D eigenvalue weighted by Gasteiger charge is 2.45. The fraction of sp³-hybridized carbons (Fsp3) is 0.571. The van der Waals surface area contributed by atoms with Crippen molar-refractivity contribution < 1.29 is 9.47 Å². The average Bonchev–Trinajstić information content (AvgIpc) is 2.69. The first-order chi connectivity index (χ1) is 8.62. The Morgan fingerprint density at radius 1 is 1.44 bits per heavy atom. The van der Waals surface area contributed by atoms with Crippen molar-refractivity contribution in [1.82, 2.24) is 0 Å². The predicted molar refractivity (Wildman–Crippen MR) is 74.4 cm³/mol. The van der Waals surface area contributed by atoms with Crippen LogP contribution in [0.4, 0.5) is 0 Å². The van der Waals surface area contributed by atoms with Crippen molar-refractivity contribution in [1.29, 1.82) is 0 Å². The minimum absolute atomic E-state index is 0.0666. The Labute approximate surface area is 112 Å². The highest BCUT2D eigenvalue weighted by molar-refractivity contribution is 8.00. The maximum atomic E-state index is 6.31. The number of methoxy groups -OCH3 is 1. The molecule has 3 unspecified atom stereocenters. The highest BCUT2D eigenvalue weighted by atomic mass is 32.2. The van der Waals surface area contributed by atoms with Gasteiger partial charge in [0.2, 0.25) is 0 Å². The van der Waals surface area contributed by atoms with E-state index in [1.807, 2.05) is 30.0 Å². The first-order valence-corrected chi connectivity index (χ1v) is 7.41. The van der Waals surface area contributed by atoms with Gasteiger partial charge in [0.25, 0.3) is 0 Å². The standard InChI is InChI=1S/C14H19NO2S/c1-9-6-14(8-18-9)7-12(15)11-4-3-10(16-2)5-13(11)17-14/h3-5,9,12H,6-8,15H2,1-2H3. The van der Waals surface area contributed by atoms with Gasteiger partial charge in [0.05, 0.1) is 7.11 Å². The van der Waals surface area contributed by atoms with Crippen molar-refractivity contribution in [2.24, 2.45) is 5.73 Å². The molecule has 0 saturated carbocycles. The van der Waals surface area contributed by atoms with Gasteiger partial charge in [0.1, 0.15) is 17.1 Å². The summed E-state index contributed by atoms with van der Waals surface area (Å²) in [7, 11) is 1.67. The van der Waals surface area contributed by atoms with Crippen LogP contribution in [0.5, 0.6) is 11.5 Å². The smallest absolute Gasteiger partial charge is 0.128 e. The molecule has 1 aromatic carbocycles. The SMILES string of the molecule is COc1ccc2c(c1)OC1(CSC(C)C1)CC2N. The van der Waals surface area contributed by atoms with Crippen LogP contribution >= 0.6 is 11.8 Å². The first kappa shape index (κ1) is 12.2. The lowest BCUT2D eigenvalue weighted by Gasteiger charge is -2.38. The second-order valence-corrected chi connectivity index (χ2v) is 6.75. The van der Waals surface area contributed by atoms with E-state index in [0.717, 1.165) is 35.7 Å². The molecule has 18 heavy (non-hydrogen) atoms. The molecule has 4 heteroatoms. The van der Waals surface area contributed by atoms with Gasteiger partial charge in [-0.2, -0.15) is 11.8 Å². The maximum Gasteiger partial charge on any atom is 0.128 e. The Morgan fingerprint density at radius 2 is 2.28 bits per heavy atom. The average molecular weight is 265 g/mol. The number of fused-ring (bicyclic) bond motifs is 1. The Kier molecular flexibility index (Phi) is 2.94. The van der Waals surface area contributed by atoms with Crippen LogP contribution in [0.15, 0.2) is 18.2 Å². The zero-order valence-electron chi connectivity index (χ0n) is 10.8. The molecule has 1 saturated heterocycles. The molecule has 0 radical (unpaired) electrons. The molecule has 1 aromatic rings. The summed E-state index contributed by atoms with van der Waals surface area (Å²) >= 11 is 1.98. The van der Waals surface area contributed by atoms with Crippen LogP contribution < -0.4 is 15.2 Å². The van der Waals surface area contributed by atoms with Gasteiger partial charge in [0, 0.05) is 35.1 Å². The molecule has 2 N–H and O–H groups in total. The number of hydrogen-bond acceptors (Lipinski definition) is 4. The summed E-state index contributed by atoms with van der Waals surface area (Å²) in [4.78, 5) is 0. The summed E-state index contributed by atoms with van der Waals surface area (Å²) in [5.74, 6) is 2.78. The van der Waals surface area contributed by atoms with E-state index in [0.29, 0.717) is 5.25 Å². The van der Waals surface area contributed by atoms with Crippen LogP contribution in [-0.4, -0.2) is 23.7 Å². The van der Waals surface area contributed by atoms with E-state index in [4.69, 9.17) is 15.2 Å². The largest absolute Gasteiger partial charge is 0.497 e. The van der Waals surface area contributed by atoms with Gasteiger partial charge >= 0.3 is 0 Å². The highest BCUT2D eigenvalue weighted by Crippen LogP contribution is 2.48. The van der Waals surface area contributed by atoms with Crippen molar-refractivity contribution in [3.63, 3.8) is 0 Å². The molecular formula is C14H19NO2S. The zero-order chi connectivity index (χ0) is 12.8. The number of rotatable bonds is 1. The van der Waals surface area contributed by atoms with Crippen molar-refractivity contribution in [2.75, 3.05) is 12.9 Å². The minimum Gasteiger partial charge on any atom is -0.497 e. The molecule has 98 valence electrons. The van der Waals surface area contributed by atoms with Crippen LogP contribution in [0.3, 0.4) is 0 Å². The fourth-order valence-corrected chi connectivity index (χ4v) is 4.28. The normalized spacial score (nSPS) is 34.2. The van der Waals surface area contributed by atoms with Crippen molar-refractivity contribution in [2.45, 2.75) is 36.7 Å². The van der Waals surface area contributed by atoms with Crippen molar-refractivity contribution >= 4 is 11.8 Å². The van der Waals surface area contributed by atoms with E-state index in [2.05, 4.69) is 6.92 Å². The minimum atomic E-state index is -0.0666. The lowest BCUT2D eigenvalue weighted by Crippen LogP contribution is -2.43. The quantitative estimate of drug-likeness (QED) is 0.848. The molecule has 0 bridgehead atoms. The molecule has 1 spiro atoms. The lowest BCUT2D eigenvalue weighted by molar-refractivity contribution is 0.0573. The van der Waals surface area contributed by atoms with Gasteiger partial charge in [-0.25, -0.2) is 0 Å². The maximum absolute atomic E-state index is 6.31. The Bertz CT molecular complexity index is 465. The van der Waals surface area contributed by atoms with Gasteiger partial charge in [0.15, 0.2) is 0 Å². The molecule has 2 aliphatic rings. The Morgan fingerprint density at radius 3 is 2.94 bits per heavy atom. The van der Waals surface area contributed by atoms with Crippen LogP contribution in [0, 0.1) is 0 Å². The van der Waals surface area contributed by atoms with Gasteiger partial charge in [-0.3, -0.25) is 0 Å². The lowest BCUT2D eigenvalue weighted by atomic mass is 9.86. The third kappa shape index (κ3) is 1.97.